The number of benzene rings is 1. The molecule has 0 aliphatic heterocycles. The molecule has 0 aliphatic carbocycles. The largest absolute Gasteiger partial charge is 0.398 e. The van der Waals surface area contributed by atoms with Crippen molar-refractivity contribution in [2.75, 3.05) is 24.2 Å². The van der Waals surface area contributed by atoms with Gasteiger partial charge in [0.15, 0.2) is 5.78 Å². The molecule has 1 unspecified atom stereocenters. The maximum atomic E-state index is 11.4. The van der Waals surface area contributed by atoms with E-state index >= 15 is 0 Å². The van der Waals surface area contributed by atoms with Gasteiger partial charge in [-0.1, -0.05) is 0 Å². The van der Waals surface area contributed by atoms with E-state index < -0.39 is 0 Å². The molecule has 1 atom stereocenters. The molecular weight excluding hydrogens is 214 g/mol. The zero-order valence-corrected chi connectivity index (χ0v) is 10.4. The molecule has 4 nitrogen and oxygen atoms in total. The molecule has 0 bridgehead atoms. The van der Waals surface area contributed by atoms with Crippen LogP contribution in [0, 0.1) is 17.2 Å². The average Bonchev–Trinajstić information content (AvgIpc) is 2.28. The summed E-state index contributed by atoms with van der Waals surface area (Å²) in [6.07, 6.45) is 0. The summed E-state index contributed by atoms with van der Waals surface area (Å²) < 4.78 is 0. The van der Waals surface area contributed by atoms with E-state index in [4.69, 9.17) is 11.0 Å². The maximum absolute atomic E-state index is 11.4. The number of hydrogen-bond acceptors (Lipinski definition) is 4. The van der Waals surface area contributed by atoms with Gasteiger partial charge in [0.1, 0.15) is 0 Å². The van der Waals surface area contributed by atoms with Crippen LogP contribution in [0.2, 0.25) is 0 Å². The number of ketones is 1. The molecule has 0 saturated carbocycles. The molecule has 0 fully saturated rings. The van der Waals surface area contributed by atoms with E-state index in [1.807, 2.05) is 24.9 Å². The number of rotatable bonds is 4. The molecule has 1 aromatic carbocycles. The molecule has 17 heavy (non-hydrogen) atoms. The Morgan fingerprint density at radius 3 is 2.76 bits per heavy atom. The van der Waals surface area contributed by atoms with E-state index in [9.17, 15) is 4.79 Å². The number of hydrogen-bond donors (Lipinski definition) is 1. The topological polar surface area (TPSA) is 70.1 Å². The Balaban J connectivity index is 2.96. The van der Waals surface area contributed by atoms with Crippen molar-refractivity contribution in [3.63, 3.8) is 0 Å². The number of carbonyl (C=O) groups excluding carboxylic acids is 1. The third-order valence-corrected chi connectivity index (χ3v) is 2.63. The quantitative estimate of drug-likeness (QED) is 0.636. The molecule has 0 aromatic heterocycles. The minimum absolute atomic E-state index is 0.0499. The predicted molar refractivity (Wildman–Crippen MR) is 68.9 cm³/mol. The number of nitrogens with zero attached hydrogens (tertiary/aromatic N) is 2. The molecular formula is C13H17N3O. The number of carbonyl (C=O) groups is 1. The fourth-order valence-corrected chi connectivity index (χ4v) is 1.64. The Bertz CT molecular complexity index is 462. The van der Waals surface area contributed by atoms with Gasteiger partial charge in [-0.2, -0.15) is 5.26 Å². The summed E-state index contributed by atoms with van der Waals surface area (Å²) in [7, 11) is 1.89. The van der Waals surface area contributed by atoms with E-state index in [2.05, 4.69) is 6.07 Å². The number of nitrogens with two attached hydrogens (primary N) is 1. The van der Waals surface area contributed by atoms with Gasteiger partial charge >= 0.3 is 0 Å². The molecule has 0 spiro atoms. The lowest BCUT2D eigenvalue weighted by Gasteiger charge is -2.21. The lowest BCUT2D eigenvalue weighted by molar-refractivity contribution is 0.101. The third kappa shape index (κ3) is 3.22. The molecule has 1 aromatic rings. The second-order valence-corrected chi connectivity index (χ2v) is 4.24. The summed E-state index contributed by atoms with van der Waals surface area (Å²) in [5.74, 6) is -0.107. The van der Waals surface area contributed by atoms with Crippen LogP contribution in [0.4, 0.5) is 11.4 Å². The number of anilines is 2. The van der Waals surface area contributed by atoms with Gasteiger partial charge in [0, 0.05) is 30.5 Å². The van der Waals surface area contributed by atoms with Crippen LogP contribution < -0.4 is 10.6 Å². The average molecular weight is 231 g/mol. The first-order valence-electron chi connectivity index (χ1n) is 5.47. The minimum Gasteiger partial charge on any atom is -0.398 e. The first kappa shape index (κ1) is 13.0. The highest BCUT2D eigenvalue weighted by Crippen LogP contribution is 2.21. The van der Waals surface area contributed by atoms with Crippen LogP contribution >= 0.6 is 0 Å². The van der Waals surface area contributed by atoms with Crippen molar-refractivity contribution >= 4 is 17.2 Å². The van der Waals surface area contributed by atoms with Crippen LogP contribution in [-0.2, 0) is 0 Å². The van der Waals surface area contributed by atoms with Crippen LogP contribution in [0.25, 0.3) is 0 Å². The van der Waals surface area contributed by atoms with Crippen LogP contribution in [0.3, 0.4) is 0 Å². The van der Waals surface area contributed by atoms with Gasteiger partial charge in [-0.15, -0.1) is 0 Å². The fraction of sp³-hybridized carbons (Fsp3) is 0.385. The summed E-state index contributed by atoms with van der Waals surface area (Å²) in [5.41, 5.74) is 7.64. The molecule has 2 N–H and O–H groups in total. The summed E-state index contributed by atoms with van der Waals surface area (Å²) in [6.45, 7) is 3.98. The highest BCUT2D eigenvalue weighted by molar-refractivity contribution is 6.00. The second kappa shape index (κ2) is 5.35. The highest BCUT2D eigenvalue weighted by Gasteiger charge is 2.10. The lowest BCUT2D eigenvalue weighted by atomic mass is 10.1. The number of nitrogen functional groups attached to an aromatic ring is 1. The van der Waals surface area contributed by atoms with E-state index in [1.54, 1.807) is 12.1 Å². The molecule has 0 heterocycles. The van der Waals surface area contributed by atoms with Gasteiger partial charge in [-0.05, 0) is 32.0 Å². The van der Waals surface area contributed by atoms with Crippen molar-refractivity contribution in [1.29, 1.82) is 5.26 Å². The minimum atomic E-state index is -0.0571. The van der Waals surface area contributed by atoms with Crippen LogP contribution in [0.15, 0.2) is 18.2 Å². The van der Waals surface area contributed by atoms with Crippen molar-refractivity contribution in [1.82, 2.24) is 0 Å². The Hall–Kier alpha value is -2.02. The highest BCUT2D eigenvalue weighted by atomic mass is 16.1. The number of Topliss-reactive ketones (excluding diaryl/α,β-unsaturated/α-hetero) is 1. The Kier molecular flexibility index (Phi) is 4.11. The summed E-state index contributed by atoms with van der Waals surface area (Å²) in [4.78, 5) is 13.3. The van der Waals surface area contributed by atoms with Gasteiger partial charge in [0.2, 0.25) is 0 Å². The van der Waals surface area contributed by atoms with Crippen molar-refractivity contribution in [2.24, 2.45) is 5.92 Å². The Labute approximate surface area is 102 Å². The molecule has 1 rings (SSSR count). The fourth-order valence-electron chi connectivity index (χ4n) is 1.64. The van der Waals surface area contributed by atoms with Crippen molar-refractivity contribution in [3.05, 3.63) is 23.8 Å². The first-order chi connectivity index (χ1) is 7.95. The smallest absolute Gasteiger partial charge is 0.161 e. The normalized spacial score (nSPS) is 11.6. The molecule has 4 heteroatoms. The lowest BCUT2D eigenvalue weighted by Crippen LogP contribution is -2.23. The van der Waals surface area contributed by atoms with Crippen LogP contribution in [0.5, 0.6) is 0 Å². The number of nitriles is 1. The molecule has 0 radical (unpaired) electrons. The molecule has 0 saturated heterocycles. The van der Waals surface area contributed by atoms with Crippen molar-refractivity contribution in [2.45, 2.75) is 13.8 Å². The SMILES string of the molecule is CC(=O)c1cc(N(C)CC(C)C#N)ccc1N. The van der Waals surface area contributed by atoms with Gasteiger partial charge in [-0.3, -0.25) is 4.79 Å². The molecule has 0 aliphatic rings. The summed E-state index contributed by atoms with van der Waals surface area (Å²) in [5, 5.41) is 8.77. The second-order valence-electron chi connectivity index (χ2n) is 4.24. The van der Waals surface area contributed by atoms with Gasteiger partial charge < -0.3 is 10.6 Å². The van der Waals surface area contributed by atoms with E-state index in [0.717, 1.165) is 5.69 Å². The maximum Gasteiger partial charge on any atom is 0.161 e. The van der Waals surface area contributed by atoms with Crippen LogP contribution in [-0.4, -0.2) is 19.4 Å². The van der Waals surface area contributed by atoms with E-state index in [0.29, 0.717) is 17.8 Å². The Morgan fingerprint density at radius 2 is 2.24 bits per heavy atom. The monoisotopic (exact) mass is 231 g/mol. The van der Waals surface area contributed by atoms with Gasteiger partial charge in [0.05, 0.1) is 12.0 Å². The first-order valence-corrected chi connectivity index (χ1v) is 5.47. The van der Waals surface area contributed by atoms with E-state index in [-0.39, 0.29) is 11.7 Å². The summed E-state index contributed by atoms with van der Waals surface area (Å²) >= 11 is 0. The summed E-state index contributed by atoms with van der Waals surface area (Å²) in [6, 6.07) is 7.52. The molecule has 90 valence electrons. The zero-order valence-electron chi connectivity index (χ0n) is 10.4. The van der Waals surface area contributed by atoms with Gasteiger partial charge in [-0.25, -0.2) is 0 Å². The third-order valence-electron chi connectivity index (χ3n) is 2.63. The standard InChI is InChI=1S/C13H17N3O/c1-9(7-14)8-16(3)11-4-5-13(15)12(6-11)10(2)17/h4-6,9H,8,15H2,1-3H3. The van der Waals surface area contributed by atoms with E-state index in [1.165, 1.54) is 6.92 Å². The predicted octanol–water partition coefficient (Wildman–Crippen LogP) is 2.07. The van der Waals surface area contributed by atoms with Gasteiger partial charge in [0.25, 0.3) is 0 Å². The zero-order chi connectivity index (χ0) is 13.0. The Morgan fingerprint density at radius 1 is 1.59 bits per heavy atom. The van der Waals surface area contributed by atoms with Crippen molar-refractivity contribution < 1.29 is 4.79 Å². The van der Waals surface area contributed by atoms with Crippen LogP contribution in [0.1, 0.15) is 24.2 Å². The van der Waals surface area contributed by atoms with Crippen molar-refractivity contribution in [3.8, 4) is 6.07 Å². The molecule has 0 amide bonds.